The smallest absolute Gasteiger partial charge is 0.346 e. The van der Waals surface area contributed by atoms with Gasteiger partial charge >= 0.3 is 5.97 Å². The number of rotatable bonds is 7. The third kappa shape index (κ3) is 4.66. The maximum atomic E-state index is 12.2. The van der Waals surface area contributed by atoms with Crippen molar-refractivity contribution in [2.24, 2.45) is 0 Å². The van der Waals surface area contributed by atoms with Crippen molar-refractivity contribution in [3.8, 4) is 28.8 Å². The Labute approximate surface area is 174 Å². The van der Waals surface area contributed by atoms with Gasteiger partial charge in [0.15, 0.2) is 22.8 Å². The summed E-state index contributed by atoms with van der Waals surface area (Å²) in [5, 5.41) is 9.77. The maximum Gasteiger partial charge on any atom is 0.346 e. The van der Waals surface area contributed by atoms with Crippen LogP contribution in [0.1, 0.15) is 19.4 Å². The van der Waals surface area contributed by atoms with Crippen LogP contribution in [0.4, 0.5) is 0 Å². The van der Waals surface area contributed by atoms with E-state index in [4.69, 9.17) is 9.47 Å². The molecule has 0 spiro atoms. The molecule has 0 radical (unpaired) electrons. The molecule has 0 aliphatic carbocycles. The summed E-state index contributed by atoms with van der Waals surface area (Å²) in [6.45, 7) is 3.69. The van der Waals surface area contributed by atoms with E-state index in [1.165, 1.54) is 18.9 Å². The molecule has 148 valence electrons. The average Bonchev–Trinajstić information content (AvgIpc) is 2.68. The van der Waals surface area contributed by atoms with E-state index < -0.39 is 17.6 Å². The fourth-order valence-electron chi connectivity index (χ4n) is 2.33. The summed E-state index contributed by atoms with van der Waals surface area (Å²) < 4.78 is 16.5. The quantitative estimate of drug-likeness (QED) is 0.375. The number of nitrogens with one attached hydrogen (secondary N) is 1. The Morgan fingerprint density at radius 1 is 1.46 bits per heavy atom. The molecule has 1 N–H and O–H groups in total. The minimum atomic E-state index is -0.859. The fourth-order valence-corrected chi connectivity index (χ4v) is 3.25. The molecule has 10 heteroatoms. The summed E-state index contributed by atoms with van der Waals surface area (Å²) in [6.07, 6.45) is 0.905. The Balaban J connectivity index is 2.63. The molecule has 1 heterocycles. The number of halogens is 1. The van der Waals surface area contributed by atoms with Crippen LogP contribution in [0.2, 0.25) is 0 Å². The number of ether oxygens (including phenoxy) is 3. The van der Waals surface area contributed by atoms with Gasteiger partial charge in [-0.25, -0.2) is 9.78 Å². The third-order valence-electron chi connectivity index (χ3n) is 3.61. The summed E-state index contributed by atoms with van der Waals surface area (Å²) in [5.41, 5.74) is 0.0884. The number of hydrogen-bond acceptors (Lipinski definition) is 8. The molecule has 0 amide bonds. The van der Waals surface area contributed by atoms with Crippen LogP contribution in [0.5, 0.6) is 11.5 Å². The van der Waals surface area contributed by atoms with Crippen molar-refractivity contribution >= 4 is 33.7 Å². The zero-order valence-corrected chi connectivity index (χ0v) is 18.1. The lowest BCUT2D eigenvalue weighted by molar-refractivity contribution is -0.147. The lowest BCUT2D eigenvalue weighted by Crippen LogP contribution is -2.25. The van der Waals surface area contributed by atoms with Gasteiger partial charge in [-0.1, -0.05) is 11.8 Å². The second-order valence-corrected chi connectivity index (χ2v) is 7.06. The number of nitriles is 1. The minimum absolute atomic E-state index is 0.108. The molecule has 0 saturated heterocycles. The van der Waals surface area contributed by atoms with E-state index in [0.29, 0.717) is 33.3 Å². The zero-order chi connectivity index (χ0) is 20.8. The number of H-pyrrole nitrogens is 1. The van der Waals surface area contributed by atoms with Gasteiger partial charge in [0.1, 0.15) is 11.6 Å². The molecule has 1 aromatic heterocycles. The molecule has 1 unspecified atom stereocenters. The number of thioether (sulfide) groups is 1. The largest absolute Gasteiger partial charge is 0.490 e. The van der Waals surface area contributed by atoms with Crippen LogP contribution in [0, 0.1) is 11.3 Å². The average molecular weight is 468 g/mol. The van der Waals surface area contributed by atoms with Crippen molar-refractivity contribution < 1.29 is 19.0 Å². The molecular weight excluding hydrogens is 450 g/mol. The number of carbonyl (C=O) groups is 1. The Kier molecular flexibility index (Phi) is 7.48. The topological polar surface area (TPSA) is 114 Å². The van der Waals surface area contributed by atoms with E-state index in [1.807, 2.05) is 6.07 Å². The lowest BCUT2D eigenvalue weighted by Gasteiger charge is -2.18. The number of methoxy groups -OCH3 is 1. The molecule has 0 bridgehead atoms. The van der Waals surface area contributed by atoms with E-state index in [1.54, 1.807) is 32.2 Å². The predicted molar refractivity (Wildman–Crippen MR) is 108 cm³/mol. The number of hydrogen-bond donors (Lipinski definition) is 1. The van der Waals surface area contributed by atoms with Crippen LogP contribution in [-0.2, 0) is 9.53 Å². The van der Waals surface area contributed by atoms with Crippen molar-refractivity contribution in [1.29, 1.82) is 5.26 Å². The molecule has 1 aromatic carbocycles. The van der Waals surface area contributed by atoms with Gasteiger partial charge < -0.3 is 19.2 Å². The minimum Gasteiger partial charge on any atom is -0.490 e. The lowest BCUT2D eigenvalue weighted by atomic mass is 10.1. The summed E-state index contributed by atoms with van der Waals surface area (Å²) in [4.78, 5) is 30.8. The van der Waals surface area contributed by atoms with Gasteiger partial charge in [0.05, 0.1) is 23.9 Å². The predicted octanol–water partition coefficient (Wildman–Crippen LogP) is 3.13. The zero-order valence-electron chi connectivity index (χ0n) is 15.7. The molecule has 8 nitrogen and oxygen atoms in total. The number of carbonyl (C=O) groups excluding carboxylic acids is 1. The monoisotopic (exact) mass is 467 g/mol. The Morgan fingerprint density at radius 2 is 2.18 bits per heavy atom. The molecule has 0 aliphatic rings. The van der Waals surface area contributed by atoms with Crippen molar-refractivity contribution in [1.82, 2.24) is 9.97 Å². The molecule has 0 fully saturated rings. The first-order valence-corrected chi connectivity index (χ1v) is 10.2. The maximum absolute atomic E-state index is 12.2. The normalized spacial score (nSPS) is 11.4. The summed E-state index contributed by atoms with van der Waals surface area (Å²) in [5.74, 6) is 0.0994. The van der Waals surface area contributed by atoms with Crippen LogP contribution >= 0.6 is 27.7 Å². The molecule has 1 atom stereocenters. The van der Waals surface area contributed by atoms with Gasteiger partial charge in [0.25, 0.3) is 5.56 Å². The first-order valence-electron chi connectivity index (χ1n) is 8.15. The highest BCUT2D eigenvalue weighted by Gasteiger charge is 2.22. The van der Waals surface area contributed by atoms with E-state index in [2.05, 4.69) is 30.6 Å². The van der Waals surface area contributed by atoms with Crippen LogP contribution in [0.3, 0.4) is 0 Å². The Bertz CT molecular complexity index is 986. The molecular formula is C18H18BrN3O5S. The van der Waals surface area contributed by atoms with Crippen molar-refractivity contribution in [2.45, 2.75) is 25.1 Å². The summed E-state index contributed by atoms with van der Waals surface area (Å²) >= 11 is 4.66. The van der Waals surface area contributed by atoms with Crippen LogP contribution in [0.25, 0.3) is 11.3 Å². The highest BCUT2D eigenvalue weighted by molar-refractivity contribution is 9.10. The number of aromatic nitrogens is 2. The Hall–Kier alpha value is -2.51. The van der Waals surface area contributed by atoms with Gasteiger partial charge in [0, 0.05) is 5.56 Å². The van der Waals surface area contributed by atoms with Crippen LogP contribution < -0.4 is 15.0 Å². The SMILES string of the molecule is CCOc1cc(-c2nc(SC)[nH]c(=O)c2C#N)cc(Br)c1OC(C)C(=O)OC. The second-order valence-electron chi connectivity index (χ2n) is 5.41. The van der Waals surface area contributed by atoms with Crippen LogP contribution in [-0.4, -0.2) is 42.0 Å². The van der Waals surface area contributed by atoms with E-state index in [9.17, 15) is 14.9 Å². The van der Waals surface area contributed by atoms with Crippen molar-refractivity contribution in [2.75, 3.05) is 20.0 Å². The molecule has 2 aromatic rings. The van der Waals surface area contributed by atoms with Gasteiger partial charge in [-0.2, -0.15) is 5.26 Å². The fraction of sp³-hybridized carbons (Fsp3) is 0.333. The van der Waals surface area contributed by atoms with Crippen molar-refractivity contribution in [3.63, 3.8) is 0 Å². The van der Waals surface area contributed by atoms with Gasteiger partial charge in [0.2, 0.25) is 0 Å². The van der Waals surface area contributed by atoms with Crippen LogP contribution in [0.15, 0.2) is 26.6 Å². The summed E-state index contributed by atoms with van der Waals surface area (Å²) in [6, 6.07) is 5.15. The molecule has 2 rings (SSSR count). The first-order chi connectivity index (χ1) is 13.4. The van der Waals surface area contributed by atoms with E-state index >= 15 is 0 Å². The molecule has 28 heavy (non-hydrogen) atoms. The van der Waals surface area contributed by atoms with E-state index in [-0.39, 0.29) is 11.3 Å². The van der Waals surface area contributed by atoms with E-state index in [0.717, 1.165) is 0 Å². The summed E-state index contributed by atoms with van der Waals surface area (Å²) in [7, 11) is 1.27. The highest BCUT2D eigenvalue weighted by Crippen LogP contribution is 2.40. The van der Waals surface area contributed by atoms with Gasteiger partial charge in [-0.3, -0.25) is 4.79 Å². The van der Waals surface area contributed by atoms with Gasteiger partial charge in [-0.05, 0) is 48.2 Å². The number of benzene rings is 1. The number of nitrogens with zero attached hydrogens (tertiary/aromatic N) is 2. The first kappa shape index (κ1) is 21.8. The standard InChI is InChI=1S/C18H18BrN3O5S/c1-5-26-13-7-10(6-12(19)15(13)27-9(2)17(24)25-3)14-11(8-20)16(23)22-18(21-14)28-4/h6-7,9H,5H2,1-4H3,(H,21,22,23). The third-order valence-corrected chi connectivity index (χ3v) is 4.78. The second kappa shape index (κ2) is 9.61. The number of esters is 1. The van der Waals surface area contributed by atoms with Crippen molar-refractivity contribution in [3.05, 3.63) is 32.5 Å². The van der Waals surface area contributed by atoms with Gasteiger partial charge in [-0.15, -0.1) is 0 Å². The highest BCUT2D eigenvalue weighted by atomic mass is 79.9. The number of aromatic amines is 1. The molecule has 0 saturated carbocycles. The Morgan fingerprint density at radius 3 is 2.75 bits per heavy atom. The molecule has 0 aliphatic heterocycles.